The molecular weight excluding hydrogens is 418 g/mol. The van der Waals surface area contributed by atoms with Gasteiger partial charge >= 0.3 is 0 Å². The van der Waals surface area contributed by atoms with Gasteiger partial charge in [-0.2, -0.15) is 0 Å². The number of morpholine rings is 1. The van der Waals surface area contributed by atoms with Crippen LogP contribution in [0.3, 0.4) is 0 Å². The summed E-state index contributed by atoms with van der Waals surface area (Å²) in [6.07, 6.45) is -1.78. The average molecular weight is 449 g/mol. The van der Waals surface area contributed by atoms with Crippen molar-refractivity contribution < 1.29 is 28.5 Å². The molecule has 2 heterocycles. The summed E-state index contributed by atoms with van der Waals surface area (Å²) in [7, 11) is 0. The number of nitrogens with zero attached hydrogens (tertiary/aromatic N) is 2. The summed E-state index contributed by atoms with van der Waals surface area (Å²) in [4.78, 5) is 4.31. The third-order valence-electron chi connectivity index (χ3n) is 6.19. The first-order valence-electron chi connectivity index (χ1n) is 11.0. The molecule has 0 aliphatic carbocycles. The molecule has 2 aromatic carbocycles. The lowest BCUT2D eigenvalue weighted by atomic mass is 10.0. The Morgan fingerprint density at radius 3 is 1.91 bits per heavy atom. The topological polar surface area (TPSA) is 65.4 Å². The van der Waals surface area contributed by atoms with Crippen LogP contribution in [-0.4, -0.2) is 83.8 Å². The van der Waals surface area contributed by atoms with E-state index in [1.807, 2.05) is 0 Å². The van der Waals surface area contributed by atoms with Crippen LogP contribution in [0.4, 0.5) is 8.78 Å². The molecule has 2 saturated heterocycles. The Labute approximate surface area is 187 Å². The summed E-state index contributed by atoms with van der Waals surface area (Å²) < 4.78 is 38.3. The van der Waals surface area contributed by atoms with Crippen molar-refractivity contribution in [1.82, 2.24) is 9.80 Å². The monoisotopic (exact) mass is 448 g/mol. The number of benzene rings is 2. The number of rotatable bonds is 8. The molecule has 32 heavy (non-hydrogen) atoms. The molecule has 2 fully saturated rings. The fourth-order valence-electron chi connectivity index (χ4n) is 4.59. The number of halogens is 2. The van der Waals surface area contributed by atoms with Crippen molar-refractivity contribution in [2.24, 2.45) is 0 Å². The number of ether oxygens (including phenoxy) is 2. The minimum absolute atomic E-state index is 0.256. The Morgan fingerprint density at radius 1 is 0.875 bits per heavy atom. The molecular formula is C24H30F2N2O4. The Bertz CT molecular complexity index is 799. The molecule has 8 heteroatoms. The Morgan fingerprint density at radius 2 is 1.41 bits per heavy atom. The molecule has 0 aromatic heterocycles. The van der Waals surface area contributed by atoms with Crippen LogP contribution >= 0.6 is 0 Å². The van der Waals surface area contributed by atoms with Crippen molar-refractivity contribution in [3.8, 4) is 0 Å². The zero-order valence-corrected chi connectivity index (χ0v) is 17.9. The van der Waals surface area contributed by atoms with Crippen LogP contribution in [0.1, 0.15) is 11.1 Å². The van der Waals surface area contributed by atoms with Gasteiger partial charge in [-0.3, -0.25) is 9.80 Å². The summed E-state index contributed by atoms with van der Waals surface area (Å²) in [5.41, 5.74) is 1.88. The van der Waals surface area contributed by atoms with Gasteiger partial charge in [-0.15, -0.1) is 0 Å². The molecule has 0 unspecified atom stereocenters. The Hall–Kier alpha value is -1.94. The first-order chi connectivity index (χ1) is 15.5. The van der Waals surface area contributed by atoms with E-state index in [-0.39, 0.29) is 30.4 Å². The maximum absolute atomic E-state index is 13.4. The Balaban J connectivity index is 1.54. The third-order valence-corrected chi connectivity index (χ3v) is 6.19. The first-order valence-corrected chi connectivity index (χ1v) is 11.0. The summed E-state index contributed by atoms with van der Waals surface area (Å²) in [5, 5.41) is 20.6. The second kappa shape index (κ2) is 10.8. The SMILES string of the molecule is OC[C@@H]1O[C@H](CN(Cc2ccc(F)cc2)Cc2ccc(F)cc2)[C@@H](N2CCOCC2)[C@@H]1O. The molecule has 0 saturated carbocycles. The van der Waals surface area contributed by atoms with Gasteiger partial charge < -0.3 is 19.7 Å². The van der Waals surface area contributed by atoms with Crippen LogP contribution < -0.4 is 0 Å². The summed E-state index contributed by atoms with van der Waals surface area (Å²) in [6.45, 7) is 3.87. The summed E-state index contributed by atoms with van der Waals surface area (Å²) in [6, 6.07) is 12.4. The molecule has 2 N–H and O–H groups in total. The van der Waals surface area contributed by atoms with Gasteiger partial charge in [0.15, 0.2) is 0 Å². The first kappa shape index (κ1) is 23.2. The maximum atomic E-state index is 13.4. The fraction of sp³-hybridized carbons (Fsp3) is 0.500. The minimum atomic E-state index is -0.804. The van der Waals surface area contributed by atoms with E-state index in [2.05, 4.69) is 9.80 Å². The van der Waals surface area contributed by atoms with E-state index < -0.39 is 12.2 Å². The highest BCUT2D eigenvalue weighted by molar-refractivity contribution is 5.18. The van der Waals surface area contributed by atoms with E-state index in [0.29, 0.717) is 45.9 Å². The lowest BCUT2D eigenvalue weighted by Crippen LogP contribution is -2.54. The molecule has 2 aromatic rings. The lowest BCUT2D eigenvalue weighted by molar-refractivity contribution is -0.0373. The number of aliphatic hydroxyl groups is 2. The van der Waals surface area contributed by atoms with Gasteiger partial charge in [-0.05, 0) is 35.4 Å². The second-order valence-corrected chi connectivity index (χ2v) is 8.45. The molecule has 4 rings (SSSR count). The van der Waals surface area contributed by atoms with Crippen LogP contribution in [0.5, 0.6) is 0 Å². The van der Waals surface area contributed by atoms with E-state index in [0.717, 1.165) is 11.1 Å². The summed E-state index contributed by atoms with van der Waals surface area (Å²) >= 11 is 0. The van der Waals surface area contributed by atoms with Crippen molar-refractivity contribution in [3.63, 3.8) is 0 Å². The van der Waals surface area contributed by atoms with Gasteiger partial charge in [0.05, 0.1) is 32.0 Å². The van der Waals surface area contributed by atoms with E-state index in [1.54, 1.807) is 24.3 Å². The van der Waals surface area contributed by atoms with Crippen LogP contribution in [0, 0.1) is 11.6 Å². The summed E-state index contributed by atoms with van der Waals surface area (Å²) in [5.74, 6) is -0.585. The standard InChI is InChI=1S/C24H30F2N2O4/c25-19-5-1-17(2-6-19)13-27(14-18-3-7-20(26)8-4-18)15-21-23(24(30)22(16-29)32-21)28-9-11-31-12-10-28/h1-8,21-24,29-30H,9-16H2/t21-,22+,23-,24-/m1/s1. The lowest BCUT2D eigenvalue weighted by Gasteiger charge is -2.37. The quantitative estimate of drug-likeness (QED) is 0.642. The van der Waals surface area contributed by atoms with Crippen LogP contribution in [-0.2, 0) is 22.6 Å². The van der Waals surface area contributed by atoms with Crippen molar-refractivity contribution in [2.75, 3.05) is 39.5 Å². The highest BCUT2D eigenvalue weighted by Gasteiger charge is 2.46. The molecule has 2 aliphatic rings. The molecule has 6 nitrogen and oxygen atoms in total. The van der Waals surface area contributed by atoms with E-state index >= 15 is 0 Å². The Kier molecular flexibility index (Phi) is 7.83. The number of hydrogen-bond donors (Lipinski definition) is 2. The van der Waals surface area contributed by atoms with Crippen molar-refractivity contribution in [2.45, 2.75) is 37.4 Å². The third kappa shape index (κ3) is 5.70. The fourth-order valence-corrected chi connectivity index (χ4v) is 4.59. The zero-order chi connectivity index (χ0) is 22.5. The van der Waals surface area contributed by atoms with Gasteiger partial charge in [0, 0.05) is 32.7 Å². The number of aliphatic hydroxyl groups excluding tert-OH is 2. The zero-order valence-electron chi connectivity index (χ0n) is 17.9. The van der Waals surface area contributed by atoms with Crippen molar-refractivity contribution >= 4 is 0 Å². The highest BCUT2D eigenvalue weighted by Crippen LogP contribution is 2.28. The van der Waals surface area contributed by atoms with Gasteiger partial charge in [-0.1, -0.05) is 24.3 Å². The second-order valence-electron chi connectivity index (χ2n) is 8.45. The molecule has 2 aliphatic heterocycles. The molecule has 4 atom stereocenters. The molecule has 174 valence electrons. The highest BCUT2D eigenvalue weighted by atomic mass is 19.1. The van der Waals surface area contributed by atoms with Gasteiger partial charge in [-0.25, -0.2) is 8.78 Å². The maximum Gasteiger partial charge on any atom is 0.123 e. The van der Waals surface area contributed by atoms with Crippen LogP contribution in [0.15, 0.2) is 48.5 Å². The predicted octanol–water partition coefficient (Wildman–Crippen LogP) is 1.79. The number of hydrogen-bond acceptors (Lipinski definition) is 6. The average Bonchev–Trinajstić information content (AvgIpc) is 3.12. The van der Waals surface area contributed by atoms with Gasteiger partial charge in [0.25, 0.3) is 0 Å². The van der Waals surface area contributed by atoms with Gasteiger partial charge in [0.2, 0.25) is 0 Å². The van der Waals surface area contributed by atoms with Crippen LogP contribution in [0.25, 0.3) is 0 Å². The predicted molar refractivity (Wildman–Crippen MR) is 115 cm³/mol. The molecule has 0 amide bonds. The molecule has 0 bridgehead atoms. The molecule has 0 radical (unpaired) electrons. The van der Waals surface area contributed by atoms with E-state index in [9.17, 15) is 19.0 Å². The van der Waals surface area contributed by atoms with E-state index in [4.69, 9.17) is 9.47 Å². The smallest absolute Gasteiger partial charge is 0.123 e. The van der Waals surface area contributed by atoms with Crippen molar-refractivity contribution in [3.05, 3.63) is 71.3 Å². The van der Waals surface area contributed by atoms with Crippen molar-refractivity contribution in [1.29, 1.82) is 0 Å². The van der Waals surface area contributed by atoms with E-state index in [1.165, 1.54) is 24.3 Å². The molecule has 0 spiro atoms. The normalized spacial score (nSPS) is 26.7. The largest absolute Gasteiger partial charge is 0.394 e. The van der Waals surface area contributed by atoms with Gasteiger partial charge in [0.1, 0.15) is 23.8 Å². The minimum Gasteiger partial charge on any atom is -0.394 e. The van der Waals surface area contributed by atoms with Crippen LogP contribution in [0.2, 0.25) is 0 Å².